The van der Waals surface area contributed by atoms with Crippen LogP contribution in [0.15, 0.2) is 218 Å². The first-order chi connectivity index (χ1) is 33.3. The van der Waals surface area contributed by atoms with Crippen LogP contribution in [0.4, 0.5) is 0 Å². The molecule has 5 heteroatoms. The number of benzene rings is 11. The fourth-order valence-corrected chi connectivity index (χ4v) is 12.5. The molecule has 0 saturated carbocycles. The third-order valence-corrected chi connectivity index (χ3v) is 15.3. The van der Waals surface area contributed by atoms with Crippen LogP contribution >= 0.6 is 11.3 Å². The average Bonchev–Trinajstić information content (AvgIpc) is 4.07. The molecule has 0 unspecified atom stereocenters. The predicted molar refractivity (Wildman–Crippen MR) is 284 cm³/mol. The van der Waals surface area contributed by atoms with E-state index in [0.29, 0.717) is 5.95 Å². The molecular weight excluding hydrogens is 833 g/mol. The minimum absolute atomic E-state index is 0.656. The van der Waals surface area contributed by atoms with E-state index in [1.807, 2.05) is 11.3 Å². The van der Waals surface area contributed by atoms with Gasteiger partial charge in [0.2, 0.25) is 5.95 Å². The maximum absolute atomic E-state index is 5.75. The number of aromatic nitrogens is 4. The molecular formula is C62H36N4S. The van der Waals surface area contributed by atoms with E-state index in [9.17, 15) is 0 Å². The molecule has 11 aromatic carbocycles. The molecule has 0 spiro atoms. The lowest BCUT2D eigenvalue weighted by atomic mass is 9.94. The summed E-state index contributed by atoms with van der Waals surface area (Å²) >= 11 is 1.86. The Morgan fingerprint density at radius 2 is 0.851 bits per heavy atom. The summed E-state index contributed by atoms with van der Waals surface area (Å²) in [4.78, 5) is 11.5. The van der Waals surface area contributed by atoms with E-state index in [4.69, 9.17) is 9.97 Å². The first-order valence-electron chi connectivity index (χ1n) is 22.8. The molecule has 4 nitrogen and oxygen atoms in total. The third-order valence-electron chi connectivity index (χ3n) is 14.1. The first-order valence-corrected chi connectivity index (χ1v) is 23.6. The second kappa shape index (κ2) is 13.9. The van der Waals surface area contributed by atoms with Gasteiger partial charge in [-0.15, -0.1) is 11.3 Å². The van der Waals surface area contributed by atoms with Crippen LogP contribution in [0.2, 0.25) is 0 Å². The van der Waals surface area contributed by atoms with Gasteiger partial charge >= 0.3 is 0 Å². The predicted octanol–water partition coefficient (Wildman–Crippen LogP) is 17.0. The van der Waals surface area contributed by atoms with E-state index in [1.54, 1.807) is 0 Å². The van der Waals surface area contributed by atoms with E-state index < -0.39 is 0 Å². The lowest BCUT2D eigenvalue weighted by molar-refractivity contribution is 1.02. The first kappa shape index (κ1) is 36.7. The van der Waals surface area contributed by atoms with Crippen molar-refractivity contribution in [3.05, 3.63) is 218 Å². The molecule has 0 N–H and O–H groups in total. The zero-order chi connectivity index (χ0) is 43.7. The quantitative estimate of drug-likeness (QED) is 0.165. The zero-order valence-electron chi connectivity index (χ0n) is 36.0. The maximum Gasteiger partial charge on any atom is 0.235 e. The molecule has 0 saturated heterocycles. The van der Waals surface area contributed by atoms with Crippen LogP contribution in [0.5, 0.6) is 0 Å². The van der Waals surface area contributed by atoms with Crippen molar-refractivity contribution >= 4 is 118 Å². The Bertz CT molecular complexity index is 4560. The fourth-order valence-electron chi connectivity index (χ4n) is 11.2. The highest BCUT2D eigenvalue weighted by Gasteiger charge is 2.26. The maximum atomic E-state index is 5.75. The third kappa shape index (κ3) is 5.17. The van der Waals surface area contributed by atoms with E-state index in [2.05, 4.69) is 228 Å². The molecule has 15 aromatic rings. The molecule has 0 aliphatic carbocycles. The van der Waals surface area contributed by atoms with Crippen molar-refractivity contribution in [3.63, 3.8) is 0 Å². The molecule has 67 heavy (non-hydrogen) atoms. The molecule has 0 aliphatic rings. The minimum atomic E-state index is 0.656. The molecule has 0 bridgehead atoms. The summed E-state index contributed by atoms with van der Waals surface area (Å²) in [6.45, 7) is 0. The van der Waals surface area contributed by atoms with Gasteiger partial charge in [-0.3, -0.25) is 4.57 Å². The summed E-state index contributed by atoms with van der Waals surface area (Å²) in [5.74, 6) is 0.656. The van der Waals surface area contributed by atoms with E-state index >= 15 is 0 Å². The van der Waals surface area contributed by atoms with Crippen molar-refractivity contribution in [2.24, 2.45) is 0 Å². The Labute approximate surface area is 387 Å². The normalized spacial score (nSPS) is 12.2. The highest BCUT2D eigenvalue weighted by molar-refractivity contribution is 7.27. The molecule has 0 amide bonds. The van der Waals surface area contributed by atoms with Crippen molar-refractivity contribution < 1.29 is 0 Å². The average molecular weight is 869 g/mol. The number of rotatable bonds is 4. The van der Waals surface area contributed by atoms with Crippen LogP contribution in [0.25, 0.3) is 141 Å². The molecule has 15 rings (SSSR count). The van der Waals surface area contributed by atoms with Crippen LogP contribution in [-0.4, -0.2) is 19.1 Å². The Morgan fingerprint density at radius 1 is 0.328 bits per heavy atom. The Hall–Kier alpha value is -8.64. The second-order valence-corrected chi connectivity index (χ2v) is 18.7. The Balaban J connectivity index is 1.09. The van der Waals surface area contributed by atoms with Gasteiger partial charge in [-0.2, -0.15) is 0 Å². The molecule has 0 atom stereocenters. The van der Waals surface area contributed by atoms with Crippen LogP contribution in [-0.2, 0) is 0 Å². The smallest absolute Gasteiger partial charge is 0.235 e. The van der Waals surface area contributed by atoms with Crippen LogP contribution in [0, 0.1) is 0 Å². The topological polar surface area (TPSA) is 35.6 Å². The number of hydrogen-bond donors (Lipinski definition) is 0. The van der Waals surface area contributed by atoms with Gasteiger partial charge in [0, 0.05) is 59.0 Å². The van der Waals surface area contributed by atoms with Crippen LogP contribution < -0.4 is 0 Å². The van der Waals surface area contributed by atoms with E-state index in [0.717, 1.165) is 55.2 Å². The summed E-state index contributed by atoms with van der Waals surface area (Å²) < 4.78 is 7.26. The fraction of sp³-hybridized carbons (Fsp3) is 0. The SMILES string of the molecule is c1ccc(-c2nc(-n3c4ccc(-c5ccc6c(c5)c5ccccc5n6-c5ccccc5)cc4c4c5ccccc5c5c6ccccc6sc5c43)nc3c4ccccc4c4ccccc4c23)cc1. The van der Waals surface area contributed by atoms with Crippen molar-refractivity contribution in [1.29, 1.82) is 0 Å². The second-order valence-electron chi connectivity index (χ2n) is 17.6. The number of para-hydroxylation sites is 2. The number of fused-ring (bicyclic) bond motifs is 19. The summed E-state index contributed by atoms with van der Waals surface area (Å²) in [6.07, 6.45) is 0. The Morgan fingerprint density at radius 3 is 1.58 bits per heavy atom. The van der Waals surface area contributed by atoms with Gasteiger partial charge in [0.05, 0.1) is 38.0 Å². The van der Waals surface area contributed by atoms with Crippen molar-refractivity contribution in [2.45, 2.75) is 0 Å². The minimum Gasteiger partial charge on any atom is -0.309 e. The van der Waals surface area contributed by atoms with Crippen molar-refractivity contribution in [2.75, 3.05) is 0 Å². The lowest BCUT2D eigenvalue weighted by Crippen LogP contribution is -2.04. The van der Waals surface area contributed by atoms with E-state index in [-0.39, 0.29) is 0 Å². The van der Waals surface area contributed by atoms with Crippen molar-refractivity contribution in [3.8, 4) is 34.0 Å². The largest absolute Gasteiger partial charge is 0.309 e. The van der Waals surface area contributed by atoms with Gasteiger partial charge in [0.1, 0.15) is 0 Å². The zero-order valence-corrected chi connectivity index (χ0v) is 36.8. The standard InChI is InChI=1S/C62H36N4S/c1-3-17-37(18-4-1)58-57-44-24-9-7-21-41(44)42-22-8-12-27-47(42)59(57)64-62(63-58)66-53-34-32-39(38-31-33-52-49(35-38)43-23-13-15-29-51(43)65(52)40-19-5-2-6-20-40)36-50(53)55-45-25-10-11-26-46(45)56-48-28-14-16-30-54(48)67-61(56)60(55)66/h1-36H. The summed E-state index contributed by atoms with van der Waals surface area (Å²) in [5, 5.41) is 15.6. The van der Waals surface area contributed by atoms with Gasteiger partial charge in [-0.1, -0.05) is 170 Å². The number of thiophene rings is 1. The summed E-state index contributed by atoms with van der Waals surface area (Å²) in [6, 6.07) is 79.3. The van der Waals surface area contributed by atoms with E-state index in [1.165, 1.54) is 79.9 Å². The van der Waals surface area contributed by atoms with Crippen molar-refractivity contribution in [1.82, 2.24) is 19.1 Å². The Kier molecular flexibility index (Phi) is 7.63. The highest BCUT2D eigenvalue weighted by atomic mass is 32.1. The molecule has 0 radical (unpaired) electrons. The molecule has 4 heterocycles. The van der Waals surface area contributed by atoms with Gasteiger partial charge < -0.3 is 4.57 Å². The summed E-state index contributed by atoms with van der Waals surface area (Å²) in [5.41, 5.74) is 11.0. The van der Waals surface area contributed by atoms with Crippen LogP contribution in [0.1, 0.15) is 0 Å². The van der Waals surface area contributed by atoms with Crippen LogP contribution in [0.3, 0.4) is 0 Å². The molecule has 0 aliphatic heterocycles. The van der Waals surface area contributed by atoms with Gasteiger partial charge in [-0.05, 0) is 86.6 Å². The molecule has 0 fully saturated rings. The lowest BCUT2D eigenvalue weighted by Gasteiger charge is -2.16. The summed E-state index contributed by atoms with van der Waals surface area (Å²) in [7, 11) is 0. The monoisotopic (exact) mass is 868 g/mol. The van der Waals surface area contributed by atoms with Gasteiger partial charge in [-0.25, -0.2) is 9.97 Å². The number of nitrogens with zero attached hydrogens (tertiary/aromatic N) is 4. The van der Waals surface area contributed by atoms with Gasteiger partial charge in [0.15, 0.2) is 0 Å². The van der Waals surface area contributed by atoms with Gasteiger partial charge in [0.25, 0.3) is 0 Å². The molecule has 310 valence electrons. The molecule has 4 aromatic heterocycles. The highest BCUT2D eigenvalue weighted by Crippen LogP contribution is 2.49. The number of hydrogen-bond acceptors (Lipinski definition) is 3.